The molecule has 2 aromatic heterocycles. The number of amides is 2. The Labute approximate surface area is 200 Å². The molecule has 34 heavy (non-hydrogen) atoms. The first-order valence-electron chi connectivity index (χ1n) is 11.2. The van der Waals surface area contributed by atoms with Gasteiger partial charge in [-0.15, -0.1) is 11.8 Å². The third kappa shape index (κ3) is 4.70. The van der Waals surface area contributed by atoms with Crippen molar-refractivity contribution in [1.82, 2.24) is 15.3 Å². The maximum Gasteiger partial charge on any atom is 0.256 e. The monoisotopic (exact) mass is 478 g/mol. The van der Waals surface area contributed by atoms with Crippen molar-refractivity contribution >= 4 is 51.8 Å². The summed E-state index contributed by atoms with van der Waals surface area (Å²) < 4.78 is 0. The lowest BCUT2D eigenvalue weighted by Gasteiger charge is -2.35. The van der Waals surface area contributed by atoms with E-state index in [0.29, 0.717) is 60.8 Å². The third-order valence-electron chi connectivity index (χ3n) is 6.33. The molecule has 2 amide bonds. The Bertz CT molecular complexity index is 1260. The SMILES string of the molecule is Nc1ccc2cccc(NC(=O)[C@]3(O)CC[C@@H](NCc4ccc5c(n4)NC(=O)CS5)CC3)c2n1. The summed E-state index contributed by atoms with van der Waals surface area (Å²) in [7, 11) is 0. The topological polar surface area (TPSA) is 142 Å². The summed E-state index contributed by atoms with van der Waals surface area (Å²) >= 11 is 1.49. The Morgan fingerprint density at radius 1 is 1.18 bits per heavy atom. The number of benzene rings is 1. The van der Waals surface area contributed by atoms with Crippen molar-refractivity contribution in [2.75, 3.05) is 22.1 Å². The van der Waals surface area contributed by atoms with Gasteiger partial charge in [-0.05, 0) is 56.0 Å². The number of carbonyl (C=O) groups is 2. The lowest BCUT2D eigenvalue weighted by molar-refractivity contribution is -0.137. The number of hydrogen-bond acceptors (Lipinski definition) is 8. The molecule has 0 atom stereocenters. The number of nitrogens with zero attached hydrogens (tertiary/aromatic N) is 2. The van der Waals surface area contributed by atoms with E-state index in [2.05, 4.69) is 25.9 Å². The van der Waals surface area contributed by atoms with E-state index in [1.165, 1.54) is 11.8 Å². The number of aromatic nitrogens is 2. The summed E-state index contributed by atoms with van der Waals surface area (Å²) in [6.45, 7) is 0.548. The summed E-state index contributed by atoms with van der Waals surface area (Å²) in [6, 6.07) is 13.1. The van der Waals surface area contributed by atoms with Crippen molar-refractivity contribution < 1.29 is 14.7 Å². The molecule has 6 N–H and O–H groups in total. The van der Waals surface area contributed by atoms with Crippen LogP contribution in [0.5, 0.6) is 0 Å². The lowest BCUT2D eigenvalue weighted by atomic mass is 9.81. The summed E-state index contributed by atoms with van der Waals surface area (Å²) in [5, 5.41) is 21.0. The molecule has 0 spiro atoms. The standard InChI is InChI=1S/C24H26N6O3S/c25-19-7-4-14-2-1-3-17(21(14)29-19)28-23(32)24(33)10-8-15(9-11-24)26-12-16-5-6-18-22(27-16)30-20(31)13-34-18/h1-7,15,26,33H,8-13H2,(H2,25,29)(H,28,32)(H,27,30,31)/t15-,24+. The third-order valence-corrected chi connectivity index (χ3v) is 7.38. The quantitative estimate of drug-likeness (QED) is 0.377. The maximum absolute atomic E-state index is 13.0. The fraction of sp³-hybridized carbons (Fsp3) is 0.333. The second kappa shape index (κ2) is 9.21. The Hall–Kier alpha value is -3.21. The van der Waals surface area contributed by atoms with Gasteiger partial charge < -0.3 is 26.8 Å². The molecule has 5 rings (SSSR count). The van der Waals surface area contributed by atoms with Crippen LogP contribution in [0.25, 0.3) is 10.9 Å². The molecule has 1 aromatic carbocycles. The molecule has 0 bridgehead atoms. The van der Waals surface area contributed by atoms with Crippen LogP contribution in [0.15, 0.2) is 47.4 Å². The van der Waals surface area contributed by atoms with E-state index in [0.717, 1.165) is 16.0 Å². The number of rotatable bonds is 5. The van der Waals surface area contributed by atoms with E-state index in [1.807, 2.05) is 30.3 Å². The molecule has 10 heteroatoms. The molecule has 0 radical (unpaired) electrons. The molecule has 9 nitrogen and oxygen atoms in total. The minimum atomic E-state index is -1.44. The molecule has 3 aromatic rings. The number of aliphatic hydroxyl groups is 1. The van der Waals surface area contributed by atoms with Gasteiger partial charge in [-0.25, -0.2) is 9.97 Å². The highest BCUT2D eigenvalue weighted by atomic mass is 32.2. The molecule has 2 aliphatic rings. The molecule has 176 valence electrons. The van der Waals surface area contributed by atoms with Crippen molar-refractivity contribution in [3.8, 4) is 0 Å². The van der Waals surface area contributed by atoms with Crippen molar-refractivity contribution in [3.05, 3.63) is 48.2 Å². The number of hydrogen-bond donors (Lipinski definition) is 5. The van der Waals surface area contributed by atoms with E-state index in [9.17, 15) is 14.7 Å². The van der Waals surface area contributed by atoms with Crippen LogP contribution in [0, 0.1) is 0 Å². The first-order valence-corrected chi connectivity index (χ1v) is 12.2. The molecule has 1 saturated carbocycles. The van der Waals surface area contributed by atoms with Crippen LogP contribution in [-0.4, -0.2) is 44.3 Å². The van der Waals surface area contributed by atoms with Gasteiger partial charge in [0, 0.05) is 18.0 Å². The number of thioether (sulfide) groups is 1. The number of nitrogen functional groups attached to an aromatic ring is 1. The van der Waals surface area contributed by atoms with Crippen LogP contribution in [0.2, 0.25) is 0 Å². The van der Waals surface area contributed by atoms with Gasteiger partial charge >= 0.3 is 0 Å². The second-order valence-corrected chi connectivity index (χ2v) is 9.76. The van der Waals surface area contributed by atoms with Crippen molar-refractivity contribution in [2.45, 2.75) is 48.8 Å². The van der Waals surface area contributed by atoms with E-state index in [-0.39, 0.29) is 11.9 Å². The summed E-state index contributed by atoms with van der Waals surface area (Å²) in [4.78, 5) is 34.4. The molecule has 1 aliphatic heterocycles. The Balaban J connectivity index is 1.18. The molecule has 3 heterocycles. The van der Waals surface area contributed by atoms with E-state index >= 15 is 0 Å². The Morgan fingerprint density at radius 3 is 2.82 bits per heavy atom. The smallest absolute Gasteiger partial charge is 0.256 e. The number of pyridine rings is 2. The normalized spacial score (nSPS) is 22.1. The van der Waals surface area contributed by atoms with Crippen LogP contribution >= 0.6 is 11.8 Å². The number of nitrogens with one attached hydrogen (secondary N) is 3. The van der Waals surface area contributed by atoms with Gasteiger partial charge in [-0.1, -0.05) is 12.1 Å². The largest absolute Gasteiger partial charge is 0.384 e. The summed E-state index contributed by atoms with van der Waals surface area (Å²) in [5.74, 6) is 0.930. The van der Waals surface area contributed by atoms with Gasteiger partial charge in [0.1, 0.15) is 17.2 Å². The van der Waals surface area contributed by atoms with Crippen molar-refractivity contribution in [1.29, 1.82) is 0 Å². The van der Waals surface area contributed by atoms with E-state index < -0.39 is 11.5 Å². The van der Waals surface area contributed by atoms with Gasteiger partial charge in [0.25, 0.3) is 5.91 Å². The fourth-order valence-corrected chi connectivity index (χ4v) is 5.14. The minimum Gasteiger partial charge on any atom is -0.384 e. The number of nitrogens with two attached hydrogens (primary N) is 1. The first kappa shape index (κ1) is 22.6. The van der Waals surface area contributed by atoms with Crippen molar-refractivity contribution in [3.63, 3.8) is 0 Å². The van der Waals surface area contributed by atoms with Crippen LogP contribution in [0.4, 0.5) is 17.3 Å². The zero-order valence-corrected chi connectivity index (χ0v) is 19.3. The molecule has 1 aliphatic carbocycles. The highest BCUT2D eigenvalue weighted by Gasteiger charge is 2.40. The average Bonchev–Trinajstić information content (AvgIpc) is 2.84. The number of anilines is 3. The van der Waals surface area contributed by atoms with Gasteiger partial charge in [-0.3, -0.25) is 9.59 Å². The first-order chi connectivity index (χ1) is 16.4. The van der Waals surface area contributed by atoms with Gasteiger partial charge in [-0.2, -0.15) is 0 Å². The van der Waals surface area contributed by atoms with Crippen LogP contribution in [0.3, 0.4) is 0 Å². The Kier molecular flexibility index (Phi) is 6.11. The van der Waals surface area contributed by atoms with Gasteiger partial charge in [0.05, 0.1) is 27.5 Å². The zero-order valence-electron chi connectivity index (χ0n) is 18.5. The highest BCUT2D eigenvalue weighted by molar-refractivity contribution is 8.00. The molecule has 1 fully saturated rings. The highest BCUT2D eigenvalue weighted by Crippen LogP contribution is 2.32. The minimum absolute atomic E-state index is 0.0392. The number of carbonyl (C=O) groups excluding carboxylic acids is 2. The predicted octanol–water partition coefficient (Wildman–Crippen LogP) is 2.66. The number of fused-ring (bicyclic) bond motifs is 2. The Morgan fingerprint density at radius 2 is 2.00 bits per heavy atom. The summed E-state index contributed by atoms with van der Waals surface area (Å²) in [5.41, 5.74) is 6.34. The van der Waals surface area contributed by atoms with Crippen molar-refractivity contribution in [2.24, 2.45) is 0 Å². The number of para-hydroxylation sites is 1. The maximum atomic E-state index is 13.0. The average molecular weight is 479 g/mol. The summed E-state index contributed by atoms with van der Waals surface area (Å²) in [6.07, 6.45) is 2.01. The molecular formula is C24H26N6O3S. The van der Waals surface area contributed by atoms with Gasteiger partial charge in [0.2, 0.25) is 5.91 Å². The molecule has 0 unspecified atom stereocenters. The van der Waals surface area contributed by atoms with E-state index in [4.69, 9.17) is 5.73 Å². The van der Waals surface area contributed by atoms with Crippen LogP contribution in [0.1, 0.15) is 31.4 Å². The predicted molar refractivity (Wildman–Crippen MR) is 132 cm³/mol. The molecule has 0 saturated heterocycles. The van der Waals surface area contributed by atoms with E-state index in [1.54, 1.807) is 12.1 Å². The lowest BCUT2D eigenvalue weighted by Crippen LogP contribution is -2.48. The van der Waals surface area contributed by atoms with Gasteiger partial charge in [0.15, 0.2) is 0 Å². The second-order valence-electron chi connectivity index (χ2n) is 8.74. The molecular weight excluding hydrogens is 452 g/mol. The van der Waals surface area contributed by atoms with Crippen LogP contribution < -0.4 is 21.7 Å². The zero-order chi connectivity index (χ0) is 23.7. The fourth-order valence-electron chi connectivity index (χ4n) is 4.38. The van der Waals surface area contributed by atoms with Crippen LogP contribution in [-0.2, 0) is 16.1 Å².